The summed E-state index contributed by atoms with van der Waals surface area (Å²) >= 11 is 0. The number of phenols is 2. The first-order valence-electron chi connectivity index (χ1n) is 9.53. The fourth-order valence-corrected chi connectivity index (χ4v) is 3.44. The number of phenolic OH excluding ortho intramolecular Hbond substituents is 2. The van der Waals surface area contributed by atoms with E-state index in [1.165, 1.54) is 24.1 Å². The summed E-state index contributed by atoms with van der Waals surface area (Å²) in [6.07, 6.45) is 6.75. The molecule has 0 aliphatic carbocycles. The van der Waals surface area contributed by atoms with Crippen molar-refractivity contribution in [1.29, 1.82) is 0 Å². The molecule has 1 unspecified atom stereocenters. The molecular weight excluding hydrogens is 326 g/mol. The van der Waals surface area contributed by atoms with Crippen molar-refractivity contribution in [1.82, 2.24) is 15.0 Å². The predicted molar refractivity (Wildman–Crippen MR) is 104 cm³/mol. The number of aromatic nitrogens is 3. The van der Waals surface area contributed by atoms with Crippen molar-refractivity contribution in [2.75, 3.05) is 0 Å². The third-order valence-electron chi connectivity index (χ3n) is 5.00. The molecule has 5 nitrogen and oxygen atoms in total. The van der Waals surface area contributed by atoms with Crippen molar-refractivity contribution in [3.05, 3.63) is 42.0 Å². The van der Waals surface area contributed by atoms with Crippen LogP contribution in [0.5, 0.6) is 11.5 Å². The van der Waals surface area contributed by atoms with Crippen LogP contribution in [-0.4, -0.2) is 25.2 Å². The van der Waals surface area contributed by atoms with Gasteiger partial charge in [-0.25, -0.2) is 0 Å². The van der Waals surface area contributed by atoms with Crippen molar-refractivity contribution in [3.8, 4) is 17.2 Å². The summed E-state index contributed by atoms with van der Waals surface area (Å²) in [4.78, 5) is 1.38. The van der Waals surface area contributed by atoms with Gasteiger partial charge in [0.2, 0.25) is 0 Å². The van der Waals surface area contributed by atoms with Gasteiger partial charge in [0.1, 0.15) is 16.7 Å². The van der Waals surface area contributed by atoms with Gasteiger partial charge in [0.15, 0.2) is 11.5 Å². The van der Waals surface area contributed by atoms with Crippen molar-refractivity contribution < 1.29 is 10.2 Å². The molecule has 5 heteroatoms. The van der Waals surface area contributed by atoms with Gasteiger partial charge in [0, 0.05) is 5.56 Å². The maximum absolute atomic E-state index is 10.6. The van der Waals surface area contributed by atoms with E-state index in [1.807, 2.05) is 30.3 Å². The quantitative estimate of drug-likeness (QED) is 0.426. The van der Waals surface area contributed by atoms with Crippen LogP contribution in [0.4, 0.5) is 0 Å². The van der Waals surface area contributed by atoms with E-state index in [0.717, 1.165) is 35.9 Å². The van der Waals surface area contributed by atoms with E-state index in [-0.39, 0.29) is 17.4 Å². The van der Waals surface area contributed by atoms with E-state index in [2.05, 4.69) is 24.0 Å². The average molecular weight is 353 g/mol. The van der Waals surface area contributed by atoms with Crippen LogP contribution in [0.1, 0.15) is 63.9 Å². The Bertz CT molecular complexity index is 840. The van der Waals surface area contributed by atoms with Crippen LogP contribution in [0, 0.1) is 0 Å². The first-order valence-corrected chi connectivity index (χ1v) is 9.53. The van der Waals surface area contributed by atoms with E-state index < -0.39 is 0 Å². The number of hydrogen-bond donors (Lipinski definition) is 2. The Kier molecular flexibility index (Phi) is 5.76. The molecule has 0 fully saturated rings. The summed E-state index contributed by atoms with van der Waals surface area (Å²) in [7, 11) is 0. The minimum atomic E-state index is -0.158. The minimum absolute atomic E-state index is 0.0498. The van der Waals surface area contributed by atoms with Crippen LogP contribution in [-0.2, 0) is 0 Å². The zero-order valence-electron chi connectivity index (χ0n) is 15.5. The second-order valence-corrected chi connectivity index (χ2v) is 6.80. The third-order valence-corrected chi connectivity index (χ3v) is 5.00. The maximum atomic E-state index is 10.6. The Morgan fingerprint density at radius 2 is 1.58 bits per heavy atom. The van der Waals surface area contributed by atoms with Crippen LogP contribution in [0.15, 0.2) is 36.4 Å². The van der Waals surface area contributed by atoms with Gasteiger partial charge in [0.05, 0.1) is 0 Å². The van der Waals surface area contributed by atoms with E-state index >= 15 is 0 Å². The molecule has 1 aromatic heterocycles. The summed E-state index contributed by atoms with van der Waals surface area (Å²) in [5.74, 6) is 0.0393. The zero-order valence-corrected chi connectivity index (χ0v) is 15.5. The molecule has 0 amide bonds. The standard InChI is InChI=1S/C21H27N3O2/c1-3-5-6-7-10-15(4-2)16-13-14-19(21(26)20(16)25)24-22-17-11-8-9-12-18(17)23-24/h8-9,11-15,25-26H,3-7,10H2,1-2H3. The number of rotatable bonds is 8. The van der Waals surface area contributed by atoms with Gasteiger partial charge >= 0.3 is 0 Å². The molecule has 0 bridgehead atoms. The molecule has 3 aromatic rings. The molecule has 138 valence electrons. The average Bonchev–Trinajstić information content (AvgIpc) is 3.08. The summed E-state index contributed by atoms with van der Waals surface area (Å²) in [6, 6.07) is 11.2. The van der Waals surface area contributed by atoms with Crippen molar-refractivity contribution >= 4 is 11.0 Å². The first-order chi connectivity index (χ1) is 12.7. The van der Waals surface area contributed by atoms with Crippen molar-refractivity contribution in [2.24, 2.45) is 0 Å². The summed E-state index contributed by atoms with van der Waals surface area (Å²) in [5.41, 5.74) is 2.70. The van der Waals surface area contributed by atoms with E-state index in [4.69, 9.17) is 0 Å². The second-order valence-electron chi connectivity index (χ2n) is 6.80. The fraction of sp³-hybridized carbons (Fsp3) is 0.429. The normalized spacial score (nSPS) is 12.5. The Morgan fingerprint density at radius 3 is 2.19 bits per heavy atom. The lowest BCUT2D eigenvalue weighted by molar-refractivity contribution is 0.389. The Labute approximate surface area is 154 Å². The molecule has 3 rings (SSSR count). The van der Waals surface area contributed by atoms with Gasteiger partial charge in [-0.15, -0.1) is 15.0 Å². The van der Waals surface area contributed by atoms with E-state index in [0.29, 0.717) is 5.69 Å². The largest absolute Gasteiger partial charge is 0.504 e. The number of benzene rings is 2. The molecule has 2 aromatic carbocycles. The third kappa shape index (κ3) is 3.66. The second kappa shape index (κ2) is 8.21. The lowest BCUT2D eigenvalue weighted by Gasteiger charge is -2.18. The highest BCUT2D eigenvalue weighted by molar-refractivity contribution is 5.74. The molecule has 26 heavy (non-hydrogen) atoms. The summed E-state index contributed by atoms with van der Waals surface area (Å²) in [6.45, 7) is 4.32. The fourth-order valence-electron chi connectivity index (χ4n) is 3.44. The van der Waals surface area contributed by atoms with Crippen LogP contribution in [0.2, 0.25) is 0 Å². The van der Waals surface area contributed by atoms with Gasteiger partial charge in [-0.3, -0.25) is 0 Å². The molecule has 0 spiro atoms. The van der Waals surface area contributed by atoms with Crippen molar-refractivity contribution in [3.63, 3.8) is 0 Å². The van der Waals surface area contributed by atoms with E-state index in [1.54, 1.807) is 6.07 Å². The Morgan fingerprint density at radius 1 is 0.885 bits per heavy atom. The molecule has 0 saturated carbocycles. The number of aromatic hydroxyl groups is 2. The monoisotopic (exact) mass is 353 g/mol. The van der Waals surface area contributed by atoms with Gasteiger partial charge in [-0.05, 0) is 37.0 Å². The molecule has 0 saturated heterocycles. The molecule has 1 atom stereocenters. The minimum Gasteiger partial charge on any atom is -0.504 e. The highest BCUT2D eigenvalue weighted by Gasteiger charge is 2.20. The Hall–Kier alpha value is -2.56. The van der Waals surface area contributed by atoms with Crippen molar-refractivity contribution in [2.45, 2.75) is 58.3 Å². The number of unbranched alkanes of at least 4 members (excludes halogenated alkanes) is 3. The molecule has 1 heterocycles. The Balaban J connectivity index is 1.87. The highest BCUT2D eigenvalue weighted by atomic mass is 16.3. The van der Waals surface area contributed by atoms with Crippen LogP contribution >= 0.6 is 0 Å². The highest BCUT2D eigenvalue weighted by Crippen LogP contribution is 2.41. The van der Waals surface area contributed by atoms with Gasteiger partial charge in [0.25, 0.3) is 0 Å². The van der Waals surface area contributed by atoms with Crippen LogP contribution in [0.25, 0.3) is 16.7 Å². The number of nitrogens with zero attached hydrogens (tertiary/aromatic N) is 3. The van der Waals surface area contributed by atoms with Gasteiger partial charge in [-0.1, -0.05) is 57.7 Å². The SMILES string of the molecule is CCCCCCC(CC)c1ccc(-n2nc3ccccc3n2)c(O)c1O. The van der Waals surface area contributed by atoms with E-state index in [9.17, 15) is 10.2 Å². The lowest BCUT2D eigenvalue weighted by atomic mass is 9.89. The number of hydrogen-bond acceptors (Lipinski definition) is 4. The van der Waals surface area contributed by atoms with Gasteiger partial charge < -0.3 is 10.2 Å². The van der Waals surface area contributed by atoms with Gasteiger partial charge in [-0.2, -0.15) is 0 Å². The molecule has 0 aliphatic heterocycles. The number of fused-ring (bicyclic) bond motifs is 1. The lowest BCUT2D eigenvalue weighted by Crippen LogP contribution is -2.03. The molecule has 0 aliphatic rings. The smallest absolute Gasteiger partial charge is 0.185 e. The predicted octanol–water partition coefficient (Wildman–Crippen LogP) is 5.30. The maximum Gasteiger partial charge on any atom is 0.185 e. The summed E-state index contributed by atoms with van der Waals surface area (Å²) < 4.78 is 0. The summed E-state index contributed by atoms with van der Waals surface area (Å²) in [5, 5.41) is 29.9. The molecule has 0 radical (unpaired) electrons. The topological polar surface area (TPSA) is 71.2 Å². The first kappa shape index (κ1) is 18.2. The van der Waals surface area contributed by atoms with Crippen LogP contribution in [0.3, 0.4) is 0 Å². The molecule has 2 N–H and O–H groups in total. The zero-order chi connectivity index (χ0) is 18.5. The van der Waals surface area contributed by atoms with Crippen LogP contribution < -0.4 is 0 Å². The molecular formula is C21H27N3O2.